The number of rotatable bonds is 5. The van der Waals surface area contributed by atoms with Gasteiger partial charge in [0.05, 0.1) is 12.2 Å². The Bertz CT molecular complexity index is 1050. The molecule has 29 heavy (non-hydrogen) atoms. The van der Waals surface area contributed by atoms with Crippen molar-refractivity contribution in [3.05, 3.63) is 77.1 Å². The van der Waals surface area contributed by atoms with Crippen LogP contribution in [0.4, 0.5) is 11.4 Å². The van der Waals surface area contributed by atoms with Crippen molar-refractivity contribution >= 4 is 23.2 Å². The van der Waals surface area contributed by atoms with Crippen LogP contribution in [0.25, 0.3) is 0 Å². The van der Waals surface area contributed by atoms with Crippen LogP contribution in [0, 0.1) is 13.8 Å². The lowest BCUT2D eigenvalue weighted by atomic mass is 10.1. The Morgan fingerprint density at radius 2 is 1.90 bits per heavy atom. The van der Waals surface area contributed by atoms with Gasteiger partial charge in [0.1, 0.15) is 0 Å². The first kappa shape index (κ1) is 18.9. The normalized spacial score (nSPS) is 13.7. The second-order valence-electron chi connectivity index (χ2n) is 7.44. The van der Waals surface area contributed by atoms with E-state index in [2.05, 4.69) is 10.4 Å². The molecular formula is C23H24N4O2. The molecule has 4 rings (SSSR count). The van der Waals surface area contributed by atoms with Gasteiger partial charge in [-0.15, -0.1) is 0 Å². The van der Waals surface area contributed by atoms with Crippen LogP contribution in [0.2, 0.25) is 0 Å². The molecule has 3 aromatic rings. The maximum Gasteiger partial charge on any atom is 0.255 e. The highest BCUT2D eigenvalue weighted by Gasteiger charge is 2.21. The lowest BCUT2D eigenvalue weighted by molar-refractivity contribution is -0.117. The Balaban J connectivity index is 1.43. The van der Waals surface area contributed by atoms with E-state index in [1.165, 1.54) is 0 Å². The maximum absolute atomic E-state index is 12.6. The van der Waals surface area contributed by atoms with Gasteiger partial charge < -0.3 is 10.2 Å². The van der Waals surface area contributed by atoms with Gasteiger partial charge in [-0.25, -0.2) is 0 Å². The number of hydrogen-bond donors (Lipinski definition) is 1. The molecule has 1 aliphatic rings. The fourth-order valence-corrected chi connectivity index (χ4v) is 3.65. The molecule has 148 valence electrons. The molecule has 2 heterocycles. The van der Waals surface area contributed by atoms with Gasteiger partial charge in [0.15, 0.2) is 0 Å². The highest BCUT2D eigenvalue weighted by molar-refractivity contribution is 6.05. The summed E-state index contributed by atoms with van der Waals surface area (Å²) in [7, 11) is 0. The summed E-state index contributed by atoms with van der Waals surface area (Å²) in [6, 6.07) is 17.0. The maximum atomic E-state index is 12.6. The first-order valence-corrected chi connectivity index (χ1v) is 9.81. The van der Waals surface area contributed by atoms with Crippen molar-refractivity contribution in [2.45, 2.75) is 33.2 Å². The van der Waals surface area contributed by atoms with Crippen LogP contribution in [0.1, 0.15) is 40.2 Å². The summed E-state index contributed by atoms with van der Waals surface area (Å²) in [4.78, 5) is 26.3. The monoisotopic (exact) mass is 388 g/mol. The molecule has 0 radical (unpaired) electrons. The molecule has 2 amide bonds. The number of carbonyl (C=O) groups excluding carboxylic acids is 2. The summed E-state index contributed by atoms with van der Waals surface area (Å²) in [5, 5.41) is 7.40. The standard InChI is InChI=1S/C23H24N4O2/c1-16-13-17(2)27(25-16)15-18-8-10-19(11-9-18)23(29)24-20-5-3-6-21(14-20)26-12-4-7-22(26)28/h3,5-6,8-11,13-14H,4,7,12,15H2,1-2H3,(H,24,29). The molecule has 1 N–H and O–H groups in total. The zero-order valence-electron chi connectivity index (χ0n) is 16.7. The second kappa shape index (κ2) is 7.91. The van der Waals surface area contributed by atoms with E-state index in [1.54, 1.807) is 4.90 Å². The van der Waals surface area contributed by atoms with E-state index in [4.69, 9.17) is 0 Å². The van der Waals surface area contributed by atoms with Gasteiger partial charge in [0.2, 0.25) is 5.91 Å². The molecule has 1 saturated heterocycles. The average molecular weight is 388 g/mol. The van der Waals surface area contributed by atoms with Crippen LogP contribution < -0.4 is 10.2 Å². The van der Waals surface area contributed by atoms with Crippen molar-refractivity contribution < 1.29 is 9.59 Å². The lowest BCUT2D eigenvalue weighted by Gasteiger charge is -2.16. The van der Waals surface area contributed by atoms with E-state index in [0.29, 0.717) is 24.2 Å². The van der Waals surface area contributed by atoms with Gasteiger partial charge >= 0.3 is 0 Å². The molecule has 6 heteroatoms. The van der Waals surface area contributed by atoms with Crippen molar-refractivity contribution in [3.8, 4) is 0 Å². The quantitative estimate of drug-likeness (QED) is 0.720. The van der Waals surface area contributed by atoms with E-state index in [9.17, 15) is 9.59 Å². The minimum Gasteiger partial charge on any atom is -0.322 e. The Morgan fingerprint density at radius 3 is 2.55 bits per heavy atom. The smallest absolute Gasteiger partial charge is 0.255 e. The third-order valence-corrected chi connectivity index (χ3v) is 5.14. The summed E-state index contributed by atoms with van der Waals surface area (Å²) in [6.07, 6.45) is 1.46. The number of aromatic nitrogens is 2. The van der Waals surface area contributed by atoms with Crippen LogP contribution in [-0.4, -0.2) is 28.1 Å². The predicted octanol–water partition coefficient (Wildman–Crippen LogP) is 3.93. The summed E-state index contributed by atoms with van der Waals surface area (Å²) in [5.74, 6) is -0.0424. The third kappa shape index (κ3) is 4.21. The number of benzene rings is 2. The van der Waals surface area contributed by atoms with Gasteiger partial charge in [-0.05, 0) is 62.2 Å². The van der Waals surface area contributed by atoms with E-state index >= 15 is 0 Å². The van der Waals surface area contributed by atoms with E-state index in [-0.39, 0.29) is 11.8 Å². The van der Waals surface area contributed by atoms with E-state index in [1.807, 2.05) is 73.1 Å². The number of aryl methyl sites for hydroxylation is 2. The first-order chi connectivity index (χ1) is 14.0. The van der Waals surface area contributed by atoms with Gasteiger partial charge in [-0.3, -0.25) is 14.3 Å². The van der Waals surface area contributed by atoms with Crippen LogP contribution in [0.5, 0.6) is 0 Å². The number of nitrogens with zero attached hydrogens (tertiary/aromatic N) is 3. The molecule has 1 aliphatic heterocycles. The molecule has 0 aliphatic carbocycles. The van der Waals surface area contributed by atoms with Crippen LogP contribution >= 0.6 is 0 Å². The fourth-order valence-electron chi connectivity index (χ4n) is 3.65. The Morgan fingerprint density at radius 1 is 1.10 bits per heavy atom. The van der Waals surface area contributed by atoms with Crippen molar-refractivity contribution in [2.75, 3.05) is 16.8 Å². The van der Waals surface area contributed by atoms with Gasteiger partial charge in [-0.2, -0.15) is 5.10 Å². The summed E-state index contributed by atoms with van der Waals surface area (Å²) < 4.78 is 1.95. The Labute approximate surface area is 170 Å². The number of amides is 2. The summed E-state index contributed by atoms with van der Waals surface area (Å²) in [5.41, 5.74) is 5.29. The van der Waals surface area contributed by atoms with Gasteiger partial charge in [0.25, 0.3) is 5.91 Å². The lowest BCUT2D eigenvalue weighted by Crippen LogP contribution is -2.23. The highest BCUT2D eigenvalue weighted by Crippen LogP contribution is 2.24. The number of anilines is 2. The number of nitrogens with one attached hydrogen (secondary N) is 1. The van der Waals surface area contributed by atoms with E-state index < -0.39 is 0 Å². The molecule has 6 nitrogen and oxygen atoms in total. The van der Waals surface area contributed by atoms with Crippen LogP contribution in [0.15, 0.2) is 54.6 Å². The minimum absolute atomic E-state index is 0.131. The zero-order chi connectivity index (χ0) is 20.4. The van der Waals surface area contributed by atoms with Gasteiger partial charge in [0, 0.05) is 35.6 Å². The SMILES string of the molecule is Cc1cc(C)n(Cc2ccc(C(=O)Nc3cccc(N4CCCC4=O)c3)cc2)n1. The number of carbonyl (C=O) groups is 2. The summed E-state index contributed by atoms with van der Waals surface area (Å²) >= 11 is 0. The molecule has 0 unspecified atom stereocenters. The molecule has 1 fully saturated rings. The average Bonchev–Trinajstić information content (AvgIpc) is 3.27. The van der Waals surface area contributed by atoms with E-state index in [0.717, 1.165) is 35.6 Å². The molecular weight excluding hydrogens is 364 g/mol. The van der Waals surface area contributed by atoms with Crippen molar-refractivity contribution in [3.63, 3.8) is 0 Å². The minimum atomic E-state index is -0.174. The first-order valence-electron chi connectivity index (χ1n) is 9.81. The topological polar surface area (TPSA) is 67.2 Å². The molecule has 0 saturated carbocycles. The highest BCUT2D eigenvalue weighted by atomic mass is 16.2. The number of hydrogen-bond acceptors (Lipinski definition) is 3. The Hall–Kier alpha value is -3.41. The van der Waals surface area contributed by atoms with Crippen molar-refractivity contribution in [1.29, 1.82) is 0 Å². The summed E-state index contributed by atoms with van der Waals surface area (Å²) in [6.45, 7) is 5.41. The predicted molar refractivity (Wildman–Crippen MR) is 113 cm³/mol. The van der Waals surface area contributed by atoms with Crippen molar-refractivity contribution in [2.24, 2.45) is 0 Å². The van der Waals surface area contributed by atoms with Gasteiger partial charge in [-0.1, -0.05) is 18.2 Å². The molecule has 1 aromatic heterocycles. The molecule has 0 atom stereocenters. The second-order valence-corrected chi connectivity index (χ2v) is 7.44. The third-order valence-electron chi connectivity index (χ3n) is 5.14. The Kier molecular flexibility index (Phi) is 5.16. The van der Waals surface area contributed by atoms with Crippen molar-refractivity contribution in [1.82, 2.24) is 9.78 Å². The largest absolute Gasteiger partial charge is 0.322 e. The molecule has 0 spiro atoms. The zero-order valence-corrected chi connectivity index (χ0v) is 16.7. The molecule has 2 aromatic carbocycles. The van der Waals surface area contributed by atoms with Crippen LogP contribution in [-0.2, 0) is 11.3 Å². The molecule has 0 bridgehead atoms. The fraction of sp³-hybridized carbons (Fsp3) is 0.261. The van der Waals surface area contributed by atoms with Crippen LogP contribution in [0.3, 0.4) is 0 Å².